The summed E-state index contributed by atoms with van der Waals surface area (Å²) in [5.41, 5.74) is -0.0255. The summed E-state index contributed by atoms with van der Waals surface area (Å²) in [6.45, 7) is 1.68. The van der Waals surface area contributed by atoms with Gasteiger partial charge in [0.15, 0.2) is 0 Å². The fourth-order valence-electron chi connectivity index (χ4n) is 4.03. The zero-order valence-electron chi connectivity index (χ0n) is 17.9. The molecule has 1 aliphatic rings. The van der Waals surface area contributed by atoms with Crippen LogP contribution < -0.4 is 15.8 Å². The van der Waals surface area contributed by atoms with E-state index in [9.17, 15) is 22.8 Å². The van der Waals surface area contributed by atoms with Crippen molar-refractivity contribution in [3.05, 3.63) is 93.9 Å². The van der Waals surface area contributed by atoms with Crippen molar-refractivity contribution in [3.8, 4) is 0 Å². The summed E-state index contributed by atoms with van der Waals surface area (Å²) in [6, 6.07) is 15.6. The van der Waals surface area contributed by atoms with Crippen LogP contribution in [0.15, 0.2) is 71.7 Å². The fraction of sp³-hybridized carbons (Fsp3) is 0.280. The van der Waals surface area contributed by atoms with Crippen LogP contribution in [0.4, 0.5) is 24.5 Å². The number of nitrogens with zero attached hydrogens (tertiary/aromatic N) is 2. The van der Waals surface area contributed by atoms with Crippen molar-refractivity contribution in [2.45, 2.75) is 32.0 Å². The maximum atomic E-state index is 13.3. The minimum Gasteiger partial charge on any atom is -0.370 e. The van der Waals surface area contributed by atoms with Crippen molar-refractivity contribution in [3.63, 3.8) is 0 Å². The molecule has 1 saturated heterocycles. The molecule has 0 saturated carbocycles. The zero-order chi connectivity index (χ0) is 23.4. The third kappa shape index (κ3) is 5.27. The summed E-state index contributed by atoms with van der Waals surface area (Å²) in [5.74, 6) is -0.736. The Morgan fingerprint density at radius 3 is 2.36 bits per heavy atom. The van der Waals surface area contributed by atoms with Crippen molar-refractivity contribution < 1.29 is 18.0 Å². The number of pyridine rings is 1. The van der Waals surface area contributed by atoms with Gasteiger partial charge in [-0.2, -0.15) is 13.2 Å². The number of rotatable bonds is 5. The molecule has 2 heterocycles. The van der Waals surface area contributed by atoms with Gasteiger partial charge in [-0.05, 0) is 55.2 Å². The number of halogens is 3. The first-order chi connectivity index (χ1) is 15.8. The average molecular weight is 455 g/mol. The molecule has 4 rings (SSSR count). The number of amides is 1. The molecule has 1 fully saturated rings. The molecule has 1 N–H and O–H groups in total. The van der Waals surface area contributed by atoms with Gasteiger partial charge in [0, 0.05) is 19.3 Å². The van der Waals surface area contributed by atoms with Crippen LogP contribution in [0.25, 0.3) is 0 Å². The Morgan fingerprint density at radius 2 is 1.67 bits per heavy atom. The molecular weight excluding hydrogens is 431 g/mol. The maximum absolute atomic E-state index is 13.3. The summed E-state index contributed by atoms with van der Waals surface area (Å²) in [5, 5.41) is 2.57. The number of anilines is 2. The highest BCUT2D eigenvalue weighted by atomic mass is 19.4. The molecule has 5 nitrogen and oxygen atoms in total. The Balaban J connectivity index is 1.65. The number of benzene rings is 2. The van der Waals surface area contributed by atoms with Gasteiger partial charge in [0.05, 0.1) is 23.5 Å². The van der Waals surface area contributed by atoms with Crippen molar-refractivity contribution in [2.75, 3.05) is 23.3 Å². The first-order valence-electron chi connectivity index (χ1n) is 10.8. The van der Waals surface area contributed by atoms with Crippen molar-refractivity contribution in [1.29, 1.82) is 0 Å². The second-order valence-electron chi connectivity index (χ2n) is 8.07. The van der Waals surface area contributed by atoms with Crippen molar-refractivity contribution >= 4 is 17.3 Å². The van der Waals surface area contributed by atoms with Gasteiger partial charge in [-0.3, -0.25) is 9.59 Å². The second-order valence-corrected chi connectivity index (χ2v) is 8.07. The third-order valence-electron chi connectivity index (χ3n) is 5.73. The minimum atomic E-state index is -4.55. The molecule has 8 heteroatoms. The van der Waals surface area contributed by atoms with Gasteiger partial charge in [0.1, 0.15) is 5.56 Å². The van der Waals surface area contributed by atoms with E-state index in [-0.39, 0.29) is 17.8 Å². The smallest absolute Gasteiger partial charge is 0.370 e. The summed E-state index contributed by atoms with van der Waals surface area (Å²) >= 11 is 0. The molecule has 1 aliphatic heterocycles. The van der Waals surface area contributed by atoms with E-state index in [2.05, 4.69) is 5.32 Å². The highest BCUT2D eigenvalue weighted by Crippen LogP contribution is 2.36. The van der Waals surface area contributed by atoms with Gasteiger partial charge in [0.25, 0.3) is 11.5 Å². The Labute approximate surface area is 189 Å². The van der Waals surface area contributed by atoms with E-state index in [4.69, 9.17) is 0 Å². The topological polar surface area (TPSA) is 54.3 Å². The SMILES string of the molecule is O=C(Nc1cc(C(F)(F)F)ccc1N1CCCCC1)c1cccn(Cc2ccccc2)c1=O. The van der Waals surface area contributed by atoms with Gasteiger partial charge in [0.2, 0.25) is 0 Å². The molecule has 33 heavy (non-hydrogen) atoms. The summed E-state index contributed by atoms with van der Waals surface area (Å²) in [4.78, 5) is 27.9. The maximum Gasteiger partial charge on any atom is 0.416 e. The Hall–Kier alpha value is -3.55. The summed E-state index contributed by atoms with van der Waals surface area (Å²) in [7, 11) is 0. The number of piperidine rings is 1. The quantitative estimate of drug-likeness (QED) is 0.578. The van der Waals surface area contributed by atoms with Crippen molar-refractivity contribution in [1.82, 2.24) is 4.57 Å². The lowest BCUT2D eigenvalue weighted by molar-refractivity contribution is -0.137. The van der Waals surface area contributed by atoms with Gasteiger partial charge < -0.3 is 14.8 Å². The molecule has 3 aromatic rings. The monoisotopic (exact) mass is 455 g/mol. The van der Waals surface area contributed by atoms with Crippen LogP contribution in [0.5, 0.6) is 0 Å². The Bertz CT molecular complexity index is 1180. The van der Waals surface area contributed by atoms with Crippen LogP contribution in [-0.2, 0) is 12.7 Å². The number of nitrogens with one attached hydrogen (secondary N) is 1. The predicted octanol–water partition coefficient (Wildman–Crippen LogP) is 5.16. The van der Waals surface area contributed by atoms with E-state index in [1.165, 1.54) is 16.7 Å². The molecule has 172 valence electrons. The van der Waals surface area contributed by atoms with Crippen LogP contribution in [-0.4, -0.2) is 23.6 Å². The molecule has 2 aromatic carbocycles. The molecule has 0 aliphatic carbocycles. The third-order valence-corrected chi connectivity index (χ3v) is 5.73. The molecule has 1 amide bonds. The largest absolute Gasteiger partial charge is 0.416 e. The number of carbonyl (C=O) groups is 1. The summed E-state index contributed by atoms with van der Waals surface area (Å²) < 4.78 is 41.4. The van der Waals surface area contributed by atoms with Gasteiger partial charge in [-0.15, -0.1) is 0 Å². The number of aromatic nitrogens is 1. The fourth-order valence-corrected chi connectivity index (χ4v) is 4.03. The number of hydrogen-bond acceptors (Lipinski definition) is 3. The van der Waals surface area contributed by atoms with Crippen LogP contribution in [0, 0.1) is 0 Å². The van der Waals surface area contributed by atoms with Gasteiger partial charge in [-0.1, -0.05) is 30.3 Å². The van der Waals surface area contributed by atoms with Crippen LogP contribution in [0.2, 0.25) is 0 Å². The molecule has 0 radical (unpaired) electrons. The second kappa shape index (κ2) is 9.52. The van der Waals surface area contributed by atoms with Crippen LogP contribution >= 0.6 is 0 Å². The molecular formula is C25H24F3N3O2. The van der Waals surface area contributed by atoms with Gasteiger partial charge >= 0.3 is 6.18 Å². The normalized spacial score (nSPS) is 14.2. The molecule has 1 aromatic heterocycles. The van der Waals surface area contributed by atoms with Crippen molar-refractivity contribution in [2.24, 2.45) is 0 Å². The zero-order valence-corrected chi connectivity index (χ0v) is 17.9. The van der Waals surface area contributed by atoms with Gasteiger partial charge in [-0.25, -0.2) is 0 Å². The number of carbonyl (C=O) groups excluding carboxylic acids is 1. The predicted molar refractivity (Wildman–Crippen MR) is 122 cm³/mol. The van der Waals surface area contributed by atoms with Crippen LogP contribution in [0.3, 0.4) is 0 Å². The minimum absolute atomic E-state index is 0.0505. The van der Waals surface area contributed by atoms with E-state index in [0.29, 0.717) is 18.8 Å². The van der Waals surface area contributed by atoms with E-state index >= 15 is 0 Å². The van der Waals surface area contributed by atoms with E-state index in [1.54, 1.807) is 12.3 Å². The lowest BCUT2D eigenvalue weighted by atomic mass is 10.1. The molecule has 0 spiro atoms. The Morgan fingerprint density at radius 1 is 0.939 bits per heavy atom. The average Bonchev–Trinajstić information content (AvgIpc) is 2.81. The standard InChI is InChI=1S/C25H24F3N3O2/c26-25(27,28)19-11-12-22(30-13-5-2-6-14-30)21(16-19)29-23(32)20-10-7-15-31(24(20)33)17-18-8-3-1-4-9-18/h1,3-4,7-12,15-16H,2,5-6,13-14,17H2,(H,29,32). The first-order valence-corrected chi connectivity index (χ1v) is 10.8. The van der Waals surface area contributed by atoms with Crippen LogP contribution in [0.1, 0.15) is 40.7 Å². The molecule has 0 atom stereocenters. The number of hydrogen-bond donors (Lipinski definition) is 1. The lowest BCUT2D eigenvalue weighted by Crippen LogP contribution is -2.32. The highest BCUT2D eigenvalue weighted by Gasteiger charge is 2.32. The number of alkyl halides is 3. The first kappa shape index (κ1) is 22.6. The Kier molecular flexibility index (Phi) is 6.53. The highest BCUT2D eigenvalue weighted by molar-refractivity contribution is 6.05. The van der Waals surface area contributed by atoms with E-state index in [0.717, 1.165) is 37.0 Å². The summed E-state index contributed by atoms with van der Waals surface area (Å²) in [6.07, 6.45) is -0.0526. The van der Waals surface area contributed by atoms with E-state index in [1.807, 2.05) is 35.2 Å². The lowest BCUT2D eigenvalue weighted by Gasteiger charge is -2.31. The molecule has 0 bridgehead atoms. The van der Waals surface area contributed by atoms with E-state index < -0.39 is 23.2 Å². The molecule has 0 unspecified atom stereocenters.